The Labute approximate surface area is 232 Å². The fraction of sp³-hybridized carbons (Fsp3) is 0.333. The van der Waals surface area contributed by atoms with Crippen LogP contribution in [-0.2, 0) is 24.6 Å². The molecule has 1 saturated heterocycles. The maximum Gasteiger partial charge on any atom is 0.313 e. The normalized spacial score (nSPS) is 20.2. The molecule has 0 aliphatic carbocycles. The highest BCUT2D eigenvalue weighted by atomic mass is 16.2. The van der Waals surface area contributed by atoms with Gasteiger partial charge in [0.2, 0.25) is 5.91 Å². The molecule has 10 nitrogen and oxygen atoms in total. The number of likely N-dealkylation sites (N-methyl/N-ethyl adjacent to an activating group) is 1. The molecule has 3 heterocycles. The van der Waals surface area contributed by atoms with Crippen molar-refractivity contribution in [2.75, 3.05) is 24.2 Å². The number of hydrogen-bond acceptors (Lipinski definition) is 5. The summed E-state index contributed by atoms with van der Waals surface area (Å²) in [5.74, 6) is -2.45. The maximum absolute atomic E-state index is 14.0. The Balaban J connectivity index is 1.37. The number of likely N-dealkylation sites (tertiary alicyclic amines) is 1. The molecule has 4 amide bonds. The Morgan fingerprint density at radius 2 is 1.98 bits per heavy atom. The van der Waals surface area contributed by atoms with E-state index in [4.69, 9.17) is 6.57 Å². The summed E-state index contributed by atoms with van der Waals surface area (Å²) in [7, 11) is 1.42. The number of pyridine rings is 1. The van der Waals surface area contributed by atoms with Gasteiger partial charge in [-0.15, -0.1) is 0 Å². The van der Waals surface area contributed by atoms with E-state index < -0.39 is 35.3 Å². The van der Waals surface area contributed by atoms with E-state index in [1.807, 2.05) is 44.2 Å². The number of para-hydroxylation sites is 1. The first-order chi connectivity index (χ1) is 19.1. The van der Waals surface area contributed by atoms with E-state index in [-0.39, 0.29) is 31.2 Å². The Morgan fingerprint density at radius 1 is 1.20 bits per heavy atom. The number of carbonyl (C=O) groups excluding carboxylic acids is 4. The minimum Gasteiger partial charge on any atom is -0.325 e. The SMILES string of the molecule is [C-]#[N+][C@@H]1C[C@@]2(CN1C(=O)[C@H](CC(C)C)N(C)C(=O)C(=O)Nc1ccc3cccnc3c1)C(=O)Nc1ccccc12. The molecule has 0 unspecified atom stereocenters. The average molecular weight is 539 g/mol. The van der Waals surface area contributed by atoms with Crippen molar-refractivity contribution in [2.45, 2.75) is 44.3 Å². The second kappa shape index (κ2) is 10.4. The maximum atomic E-state index is 14.0. The highest BCUT2D eigenvalue weighted by molar-refractivity contribution is 6.40. The van der Waals surface area contributed by atoms with Gasteiger partial charge in [-0.2, -0.15) is 0 Å². The van der Waals surface area contributed by atoms with Crippen LogP contribution in [0, 0.1) is 12.5 Å². The van der Waals surface area contributed by atoms with Crippen molar-refractivity contribution in [1.82, 2.24) is 14.8 Å². The molecular weight excluding hydrogens is 508 g/mol. The van der Waals surface area contributed by atoms with Gasteiger partial charge in [0.05, 0.1) is 11.9 Å². The number of nitrogens with zero attached hydrogens (tertiary/aromatic N) is 4. The fourth-order valence-electron chi connectivity index (χ4n) is 5.65. The highest BCUT2D eigenvalue weighted by Crippen LogP contribution is 2.47. The van der Waals surface area contributed by atoms with E-state index in [0.717, 1.165) is 15.8 Å². The monoisotopic (exact) mass is 538 g/mol. The van der Waals surface area contributed by atoms with Crippen molar-refractivity contribution in [3.05, 3.63) is 77.8 Å². The standard InChI is InChI=1S/C30H30N6O4/c1-18(2)14-24(35(4)28(39)26(37)33-20-12-11-19-8-7-13-32-23(19)15-20)27(38)36-17-30(16-25(36)31-3)21-9-5-6-10-22(21)34-29(30)40/h5-13,15,18,24-25H,14,16-17H2,1-2,4H3,(H,33,37)(H,34,40)/t24-,25-,30-/m0/s1. The van der Waals surface area contributed by atoms with Crippen molar-refractivity contribution in [3.8, 4) is 0 Å². The predicted molar refractivity (Wildman–Crippen MR) is 150 cm³/mol. The molecule has 2 N–H and O–H groups in total. The van der Waals surface area contributed by atoms with Crippen LogP contribution in [0.5, 0.6) is 0 Å². The largest absolute Gasteiger partial charge is 0.325 e. The number of amides is 4. The molecule has 1 spiro atoms. The molecule has 1 fully saturated rings. The second-order valence-corrected chi connectivity index (χ2v) is 10.8. The van der Waals surface area contributed by atoms with Gasteiger partial charge < -0.3 is 15.5 Å². The summed E-state index contributed by atoms with van der Waals surface area (Å²) in [6.07, 6.45) is 1.21. The first-order valence-electron chi connectivity index (χ1n) is 13.2. The van der Waals surface area contributed by atoms with Crippen LogP contribution in [0.1, 0.15) is 32.3 Å². The number of nitrogens with one attached hydrogen (secondary N) is 2. The second-order valence-electron chi connectivity index (χ2n) is 10.8. The zero-order chi connectivity index (χ0) is 28.6. The molecule has 5 rings (SSSR count). The third-order valence-corrected chi connectivity index (χ3v) is 7.71. The van der Waals surface area contributed by atoms with Gasteiger partial charge in [0, 0.05) is 36.6 Å². The predicted octanol–water partition coefficient (Wildman–Crippen LogP) is 3.41. The summed E-state index contributed by atoms with van der Waals surface area (Å²) in [6.45, 7) is 11.6. The summed E-state index contributed by atoms with van der Waals surface area (Å²) in [4.78, 5) is 63.9. The van der Waals surface area contributed by atoms with Crippen LogP contribution in [0.15, 0.2) is 60.8 Å². The molecule has 2 aliphatic heterocycles. The zero-order valence-electron chi connectivity index (χ0n) is 22.5. The minimum atomic E-state index is -1.03. The Bertz CT molecular complexity index is 1560. The molecule has 2 aromatic carbocycles. The average Bonchev–Trinajstić information content (AvgIpc) is 3.48. The molecule has 2 aliphatic rings. The van der Waals surface area contributed by atoms with Crippen LogP contribution in [0.4, 0.5) is 11.4 Å². The number of benzene rings is 2. The summed E-state index contributed by atoms with van der Waals surface area (Å²) in [5, 5.41) is 6.39. The van der Waals surface area contributed by atoms with Crippen LogP contribution < -0.4 is 10.6 Å². The highest BCUT2D eigenvalue weighted by Gasteiger charge is 2.59. The molecule has 204 valence electrons. The van der Waals surface area contributed by atoms with Crippen molar-refractivity contribution >= 4 is 45.9 Å². The van der Waals surface area contributed by atoms with Gasteiger partial charge in [-0.25, -0.2) is 6.57 Å². The lowest BCUT2D eigenvalue weighted by Gasteiger charge is -2.31. The molecular formula is C30H30N6O4. The third-order valence-electron chi connectivity index (χ3n) is 7.71. The molecule has 3 atom stereocenters. The number of hydrogen-bond donors (Lipinski definition) is 2. The lowest BCUT2D eigenvalue weighted by atomic mass is 9.80. The van der Waals surface area contributed by atoms with Crippen molar-refractivity contribution in [3.63, 3.8) is 0 Å². The first-order valence-corrected chi connectivity index (χ1v) is 13.2. The topological polar surface area (TPSA) is 116 Å². The molecule has 40 heavy (non-hydrogen) atoms. The number of aromatic nitrogens is 1. The number of rotatable bonds is 5. The van der Waals surface area contributed by atoms with E-state index in [1.54, 1.807) is 30.5 Å². The van der Waals surface area contributed by atoms with Gasteiger partial charge >= 0.3 is 18.0 Å². The van der Waals surface area contributed by atoms with Gasteiger partial charge in [-0.3, -0.25) is 33.9 Å². The van der Waals surface area contributed by atoms with Crippen LogP contribution in [0.3, 0.4) is 0 Å². The molecule has 0 saturated carbocycles. The molecule has 3 aromatic rings. The van der Waals surface area contributed by atoms with E-state index in [0.29, 0.717) is 16.9 Å². The van der Waals surface area contributed by atoms with Gasteiger partial charge in [0.25, 0.3) is 5.91 Å². The summed E-state index contributed by atoms with van der Waals surface area (Å²) >= 11 is 0. The fourth-order valence-corrected chi connectivity index (χ4v) is 5.65. The summed E-state index contributed by atoms with van der Waals surface area (Å²) in [6, 6.07) is 15.2. The quantitative estimate of drug-likeness (QED) is 0.382. The van der Waals surface area contributed by atoms with E-state index >= 15 is 0 Å². The zero-order valence-corrected chi connectivity index (χ0v) is 22.5. The van der Waals surface area contributed by atoms with Gasteiger partial charge in [-0.05, 0) is 42.2 Å². The van der Waals surface area contributed by atoms with Gasteiger partial charge in [0.1, 0.15) is 11.5 Å². The first kappa shape index (κ1) is 26.8. The smallest absolute Gasteiger partial charge is 0.313 e. The minimum absolute atomic E-state index is 0.0114. The third kappa shape index (κ3) is 4.64. The Morgan fingerprint density at radius 3 is 2.73 bits per heavy atom. The van der Waals surface area contributed by atoms with Crippen molar-refractivity contribution < 1.29 is 19.2 Å². The molecule has 0 bridgehead atoms. The van der Waals surface area contributed by atoms with E-state index in [2.05, 4.69) is 20.5 Å². The summed E-state index contributed by atoms with van der Waals surface area (Å²) < 4.78 is 0. The summed E-state index contributed by atoms with van der Waals surface area (Å²) in [5.41, 5.74) is 1.48. The van der Waals surface area contributed by atoms with Crippen molar-refractivity contribution in [2.24, 2.45) is 5.92 Å². The van der Waals surface area contributed by atoms with Gasteiger partial charge in [0.15, 0.2) is 0 Å². The molecule has 1 aromatic heterocycles. The number of carbonyl (C=O) groups is 4. The number of anilines is 2. The van der Waals surface area contributed by atoms with E-state index in [9.17, 15) is 19.2 Å². The van der Waals surface area contributed by atoms with Crippen LogP contribution in [0.25, 0.3) is 15.7 Å². The van der Waals surface area contributed by atoms with Crippen LogP contribution in [0.2, 0.25) is 0 Å². The van der Waals surface area contributed by atoms with Gasteiger partial charge in [-0.1, -0.05) is 44.2 Å². The van der Waals surface area contributed by atoms with E-state index in [1.165, 1.54) is 11.9 Å². The van der Waals surface area contributed by atoms with Crippen LogP contribution >= 0.6 is 0 Å². The van der Waals surface area contributed by atoms with Crippen LogP contribution in [-0.4, -0.2) is 64.2 Å². The lowest BCUT2D eigenvalue weighted by Crippen LogP contribution is -2.53. The molecule has 0 radical (unpaired) electrons. The Hall–Kier alpha value is -4.78. The molecule has 10 heteroatoms. The lowest BCUT2D eigenvalue weighted by molar-refractivity contribution is -0.149. The van der Waals surface area contributed by atoms with Crippen molar-refractivity contribution in [1.29, 1.82) is 0 Å². The number of fused-ring (bicyclic) bond motifs is 3. The Kier molecular flexibility index (Phi) is 6.98.